The molecule has 0 aliphatic carbocycles. The minimum Gasteiger partial charge on any atom is -0.304 e. The second-order valence-electron chi connectivity index (χ2n) is 4.45. The highest BCUT2D eigenvalue weighted by atomic mass is 79.9. The number of pyridine rings is 1. The molecule has 2 rings (SSSR count). The molecule has 1 aromatic heterocycles. The first-order valence-electron chi connectivity index (χ1n) is 5.79. The van der Waals surface area contributed by atoms with Gasteiger partial charge in [-0.3, -0.25) is 0 Å². The Bertz CT molecular complexity index is 444. The summed E-state index contributed by atoms with van der Waals surface area (Å²) in [5, 5.41) is 1.76. The number of aromatic nitrogens is 1. The highest BCUT2D eigenvalue weighted by Gasteiger charge is 2.35. The molecule has 0 bridgehead atoms. The van der Waals surface area contributed by atoms with Gasteiger partial charge < -0.3 is 10.3 Å². The van der Waals surface area contributed by atoms with E-state index in [2.05, 4.69) is 31.2 Å². The predicted octanol–water partition coefficient (Wildman–Crippen LogP) is 2.44. The maximum absolute atomic E-state index is 12.9. The number of likely N-dealkylation sites (N-methyl/N-ethyl adjacent to an activating group) is 1. The van der Waals surface area contributed by atoms with Crippen molar-refractivity contribution in [2.45, 2.75) is 6.18 Å². The molecule has 106 valence electrons. The quantitative estimate of drug-likeness (QED) is 0.897. The van der Waals surface area contributed by atoms with Crippen LogP contribution in [0.1, 0.15) is 5.56 Å². The fourth-order valence-electron chi connectivity index (χ4n) is 1.81. The molecular formula is C11H14BrF3N4. The van der Waals surface area contributed by atoms with Crippen LogP contribution in [0.5, 0.6) is 0 Å². The second-order valence-corrected chi connectivity index (χ2v) is 5.37. The summed E-state index contributed by atoms with van der Waals surface area (Å²) >= 11 is 3.01. The van der Waals surface area contributed by atoms with Crippen molar-refractivity contribution in [2.24, 2.45) is 0 Å². The van der Waals surface area contributed by atoms with E-state index in [1.165, 1.54) is 6.20 Å². The standard InChI is InChI=1S/C11H14BrF3N4/c1-18-2-4-19(5-3-18)17-10-9(11(13,14)15)6-8(12)7-16-10/h6-7H,2-5H2,1H3,(H,16,17). The van der Waals surface area contributed by atoms with Crippen LogP contribution in [0.25, 0.3) is 0 Å². The minimum absolute atomic E-state index is 0.153. The minimum atomic E-state index is -4.42. The molecular weight excluding hydrogens is 325 g/mol. The average Bonchev–Trinajstić information content (AvgIpc) is 2.33. The van der Waals surface area contributed by atoms with Crippen LogP contribution in [0.15, 0.2) is 16.7 Å². The molecule has 1 fully saturated rings. The molecule has 1 N–H and O–H groups in total. The first kappa shape index (κ1) is 14.5. The zero-order chi connectivity index (χ0) is 14.0. The highest BCUT2D eigenvalue weighted by Crippen LogP contribution is 2.35. The average molecular weight is 339 g/mol. The van der Waals surface area contributed by atoms with Crippen LogP contribution >= 0.6 is 15.9 Å². The summed E-state index contributed by atoms with van der Waals surface area (Å²) in [7, 11) is 1.98. The summed E-state index contributed by atoms with van der Waals surface area (Å²) in [4.78, 5) is 5.95. The van der Waals surface area contributed by atoms with Crippen molar-refractivity contribution in [1.82, 2.24) is 14.9 Å². The molecule has 19 heavy (non-hydrogen) atoms. The van der Waals surface area contributed by atoms with E-state index in [9.17, 15) is 13.2 Å². The molecule has 0 aromatic carbocycles. The smallest absolute Gasteiger partial charge is 0.304 e. The van der Waals surface area contributed by atoms with Crippen molar-refractivity contribution in [3.05, 3.63) is 22.3 Å². The number of anilines is 1. The van der Waals surface area contributed by atoms with Gasteiger partial charge >= 0.3 is 6.18 Å². The van der Waals surface area contributed by atoms with Gasteiger partial charge in [-0.25, -0.2) is 9.99 Å². The van der Waals surface area contributed by atoms with Crippen molar-refractivity contribution in [3.63, 3.8) is 0 Å². The Hall–Kier alpha value is -0.860. The Morgan fingerprint density at radius 2 is 1.89 bits per heavy atom. The molecule has 0 saturated carbocycles. The van der Waals surface area contributed by atoms with Gasteiger partial charge in [-0.1, -0.05) is 0 Å². The second kappa shape index (κ2) is 5.64. The SMILES string of the molecule is CN1CCN(Nc2ncc(Br)cc2C(F)(F)F)CC1. The van der Waals surface area contributed by atoms with E-state index in [1.54, 1.807) is 5.01 Å². The molecule has 8 heteroatoms. The molecule has 1 aromatic rings. The lowest BCUT2D eigenvalue weighted by atomic mass is 10.2. The summed E-state index contributed by atoms with van der Waals surface area (Å²) in [6, 6.07) is 1.03. The lowest BCUT2D eigenvalue weighted by Gasteiger charge is -2.33. The zero-order valence-electron chi connectivity index (χ0n) is 10.3. The van der Waals surface area contributed by atoms with Gasteiger partial charge in [0.2, 0.25) is 0 Å². The molecule has 0 spiro atoms. The molecule has 2 heterocycles. The Balaban J connectivity index is 2.16. The van der Waals surface area contributed by atoms with Crippen molar-refractivity contribution in [1.29, 1.82) is 0 Å². The number of hydrazine groups is 1. The van der Waals surface area contributed by atoms with E-state index >= 15 is 0 Å². The number of rotatable bonds is 2. The van der Waals surface area contributed by atoms with Gasteiger partial charge in [0.25, 0.3) is 0 Å². The van der Waals surface area contributed by atoms with Gasteiger partial charge in [0.15, 0.2) is 5.82 Å². The zero-order valence-corrected chi connectivity index (χ0v) is 11.9. The first-order valence-corrected chi connectivity index (χ1v) is 6.58. The van der Waals surface area contributed by atoms with Crippen molar-refractivity contribution in [3.8, 4) is 0 Å². The van der Waals surface area contributed by atoms with Crippen LogP contribution in [0.4, 0.5) is 19.0 Å². The van der Waals surface area contributed by atoms with Crippen molar-refractivity contribution in [2.75, 3.05) is 38.7 Å². The van der Waals surface area contributed by atoms with Gasteiger partial charge in [0.05, 0.1) is 0 Å². The van der Waals surface area contributed by atoms with E-state index in [4.69, 9.17) is 0 Å². The Kier molecular flexibility index (Phi) is 4.32. The third-order valence-corrected chi connectivity index (χ3v) is 3.36. The van der Waals surface area contributed by atoms with E-state index in [0.29, 0.717) is 17.6 Å². The number of alkyl halides is 3. The predicted molar refractivity (Wildman–Crippen MR) is 69.6 cm³/mol. The first-order chi connectivity index (χ1) is 8.86. The molecule has 1 aliphatic heterocycles. The van der Waals surface area contributed by atoms with Crippen molar-refractivity contribution < 1.29 is 13.2 Å². The van der Waals surface area contributed by atoms with Gasteiger partial charge in [-0.15, -0.1) is 0 Å². The molecule has 1 aliphatic rings. The monoisotopic (exact) mass is 338 g/mol. The Labute approximate surface area is 117 Å². The van der Waals surface area contributed by atoms with Crippen LogP contribution in [0.2, 0.25) is 0 Å². The number of nitrogens with one attached hydrogen (secondary N) is 1. The Morgan fingerprint density at radius 3 is 2.47 bits per heavy atom. The molecule has 0 unspecified atom stereocenters. The Morgan fingerprint density at radius 1 is 1.26 bits per heavy atom. The number of hydrogen-bond acceptors (Lipinski definition) is 4. The normalized spacial score (nSPS) is 18.6. The molecule has 4 nitrogen and oxygen atoms in total. The molecule has 0 amide bonds. The largest absolute Gasteiger partial charge is 0.420 e. The summed E-state index contributed by atoms with van der Waals surface area (Å²) in [5.74, 6) is -0.153. The van der Waals surface area contributed by atoms with E-state index in [1.807, 2.05) is 7.05 Å². The van der Waals surface area contributed by atoms with Gasteiger partial charge in [-0.2, -0.15) is 13.2 Å². The maximum Gasteiger partial charge on any atom is 0.420 e. The topological polar surface area (TPSA) is 31.4 Å². The number of piperazine rings is 1. The molecule has 0 atom stereocenters. The van der Waals surface area contributed by atoms with Crippen LogP contribution in [0, 0.1) is 0 Å². The highest BCUT2D eigenvalue weighted by molar-refractivity contribution is 9.10. The van der Waals surface area contributed by atoms with E-state index in [0.717, 1.165) is 19.2 Å². The summed E-state index contributed by atoms with van der Waals surface area (Å²) in [6.07, 6.45) is -3.07. The maximum atomic E-state index is 12.9. The third kappa shape index (κ3) is 3.80. The van der Waals surface area contributed by atoms with Gasteiger partial charge in [-0.05, 0) is 29.0 Å². The third-order valence-electron chi connectivity index (χ3n) is 2.93. The molecule has 0 radical (unpaired) electrons. The summed E-state index contributed by atoms with van der Waals surface area (Å²) in [6.45, 7) is 2.94. The number of hydrogen-bond donors (Lipinski definition) is 1. The van der Waals surface area contributed by atoms with E-state index in [-0.39, 0.29) is 5.82 Å². The van der Waals surface area contributed by atoms with Gasteiger partial charge in [0, 0.05) is 36.8 Å². The van der Waals surface area contributed by atoms with E-state index < -0.39 is 11.7 Å². The van der Waals surface area contributed by atoms with Crippen molar-refractivity contribution >= 4 is 21.7 Å². The van der Waals surface area contributed by atoms with Crippen LogP contribution in [-0.4, -0.2) is 48.1 Å². The fraction of sp³-hybridized carbons (Fsp3) is 0.545. The van der Waals surface area contributed by atoms with Gasteiger partial charge in [0.1, 0.15) is 5.56 Å². The lowest BCUT2D eigenvalue weighted by Crippen LogP contribution is -2.47. The van der Waals surface area contributed by atoms with Crippen LogP contribution in [-0.2, 0) is 6.18 Å². The number of nitrogens with zero attached hydrogens (tertiary/aromatic N) is 3. The summed E-state index contributed by atoms with van der Waals surface area (Å²) in [5.41, 5.74) is 2.00. The van der Waals surface area contributed by atoms with Crippen LogP contribution in [0.3, 0.4) is 0 Å². The number of halogens is 4. The fourth-order valence-corrected chi connectivity index (χ4v) is 2.14. The van der Waals surface area contributed by atoms with Crippen LogP contribution < -0.4 is 5.43 Å². The lowest BCUT2D eigenvalue weighted by molar-refractivity contribution is -0.137. The summed E-state index contributed by atoms with van der Waals surface area (Å²) < 4.78 is 39.1. The molecule has 1 saturated heterocycles.